The Morgan fingerprint density at radius 2 is 1.72 bits per heavy atom. The van der Waals surface area contributed by atoms with Gasteiger partial charge < -0.3 is 30.1 Å². The Kier molecular flexibility index (Phi) is 10.4. The van der Waals surface area contributed by atoms with E-state index in [9.17, 15) is 32.7 Å². The maximum absolute atomic E-state index is 14.6. The number of anilines is 1. The van der Waals surface area contributed by atoms with E-state index >= 15 is 0 Å². The zero-order valence-electron chi connectivity index (χ0n) is 29.9. The van der Waals surface area contributed by atoms with Gasteiger partial charge in [0.25, 0.3) is 0 Å². The van der Waals surface area contributed by atoms with Gasteiger partial charge in [-0.2, -0.15) is 13.2 Å². The van der Waals surface area contributed by atoms with Crippen LogP contribution >= 0.6 is 0 Å². The number of pyridine rings is 1. The Hall–Kier alpha value is -5.33. The molecule has 7 rings (SSSR count). The summed E-state index contributed by atoms with van der Waals surface area (Å²) in [6.45, 7) is -0.0121. The molecular formula is C41H43F3N4O6. The van der Waals surface area contributed by atoms with Crippen LogP contribution in [0.5, 0.6) is 11.5 Å². The number of carbonyl (C=O) groups is 3. The molecule has 10 nitrogen and oxygen atoms in total. The molecule has 2 aliphatic heterocycles. The highest BCUT2D eigenvalue weighted by molar-refractivity contribution is 5.96. The summed E-state index contributed by atoms with van der Waals surface area (Å²) in [4.78, 5) is 47.6. The molecule has 3 heterocycles. The van der Waals surface area contributed by atoms with Crippen molar-refractivity contribution in [1.82, 2.24) is 15.2 Å². The van der Waals surface area contributed by atoms with Crippen LogP contribution in [0.4, 0.5) is 18.9 Å². The Labute approximate surface area is 311 Å². The fraction of sp³-hybridized carbons (Fsp3) is 0.415. The van der Waals surface area contributed by atoms with Crippen molar-refractivity contribution in [2.75, 3.05) is 19.0 Å². The number of carboxylic acids is 1. The summed E-state index contributed by atoms with van der Waals surface area (Å²) in [7, 11) is 1.56. The number of carbonyl (C=O) groups excluding carboxylic acids is 2. The number of nitrogens with one attached hydrogen (secondary N) is 2. The topological polar surface area (TPSA) is 130 Å². The lowest BCUT2D eigenvalue weighted by Crippen LogP contribution is -2.55. The summed E-state index contributed by atoms with van der Waals surface area (Å²) in [5.41, 5.74) is -0.0265. The first kappa shape index (κ1) is 37.0. The van der Waals surface area contributed by atoms with Crippen LogP contribution in [0.15, 0.2) is 78.9 Å². The molecule has 2 amide bonds. The molecular weight excluding hydrogens is 701 g/mol. The number of ether oxygens (including phenoxy) is 2. The van der Waals surface area contributed by atoms with Crippen molar-refractivity contribution in [3.05, 3.63) is 84.4 Å². The summed E-state index contributed by atoms with van der Waals surface area (Å²) in [6.07, 6.45) is 0.0573. The SMILES string of the molecule is COc1ccc2c(O[C@@H]3C[C@H]4C(=O)N[C@]5(C(=O)O)C[C@H]5CCCCCCC[C@H](Nc5cccc(C(F)(F)F)c5)C(=O)N4C3)cc(-c3ccccc3)nc2c1. The highest BCUT2D eigenvalue weighted by Gasteiger charge is 2.62. The third-order valence-corrected chi connectivity index (χ3v) is 10.9. The van der Waals surface area contributed by atoms with Crippen LogP contribution in [0, 0.1) is 5.92 Å². The van der Waals surface area contributed by atoms with Gasteiger partial charge in [-0.05, 0) is 55.5 Å². The fourth-order valence-electron chi connectivity index (χ4n) is 7.88. The molecule has 13 heteroatoms. The molecule has 4 aromatic rings. The summed E-state index contributed by atoms with van der Waals surface area (Å²) in [5, 5.41) is 16.8. The number of rotatable bonds is 7. The molecule has 0 spiro atoms. The van der Waals surface area contributed by atoms with Crippen LogP contribution in [-0.2, 0) is 20.6 Å². The normalized spacial score (nSPS) is 25.1. The molecule has 2 saturated heterocycles. The van der Waals surface area contributed by atoms with E-state index in [1.165, 1.54) is 17.0 Å². The minimum atomic E-state index is -4.57. The molecule has 3 aliphatic rings. The van der Waals surface area contributed by atoms with Gasteiger partial charge in [0.15, 0.2) is 0 Å². The number of halogens is 3. The number of nitrogens with zero attached hydrogens (tertiary/aromatic N) is 2. The monoisotopic (exact) mass is 744 g/mol. The van der Waals surface area contributed by atoms with E-state index in [4.69, 9.17) is 14.5 Å². The zero-order valence-corrected chi connectivity index (χ0v) is 29.9. The second kappa shape index (κ2) is 15.2. The number of carboxylic acid groups (broad SMARTS) is 1. The largest absolute Gasteiger partial charge is 0.497 e. The molecule has 5 atom stereocenters. The highest BCUT2D eigenvalue weighted by atomic mass is 19.4. The van der Waals surface area contributed by atoms with Crippen LogP contribution in [-0.4, -0.2) is 70.2 Å². The third kappa shape index (κ3) is 7.81. The van der Waals surface area contributed by atoms with Crippen molar-refractivity contribution in [1.29, 1.82) is 0 Å². The molecule has 54 heavy (non-hydrogen) atoms. The lowest BCUT2D eigenvalue weighted by Gasteiger charge is -2.30. The van der Waals surface area contributed by atoms with Gasteiger partial charge in [0.1, 0.15) is 35.2 Å². The zero-order chi connectivity index (χ0) is 38.0. The molecule has 1 aliphatic carbocycles. The minimum absolute atomic E-state index is 0.0121. The number of aromatic nitrogens is 1. The summed E-state index contributed by atoms with van der Waals surface area (Å²) in [6, 6.07) is 19.5. The van der Waals surface area contributed by atoms with E-state index in [1.54, 1.807) is 19.2 Å². The first-order valence-corrected chi connectivity index (χ1v) is 18.5. The van der Waals surface area contributed by atoms with E-state index in [-0.39, 0.29) is 24.6 Å². The van der Waals surface area contributed by atoms with Gasteiger partial charge >= 0.3 is 12.1 Å². The summed E-state index contributed by atoms with van der Waals surface area (Å²) >= 11 is 0. The number of amides is 2. The predicted molar refractivity (Wildman–Crippen MR) is 196 cm³/mol. The Balaban J connectivity index is 1.23. The second-order valence-corrected chi connectivity index (χ2v) is 14.5. The number of fused-ring (bicyclic) bond motifs is 3. The number of methoxy groups -OCH3 is 1. The van der Waals surface area contributed by atoms with Gasteiger partial charge in [-0.3, -0.25) is 9.59 Å². The molecule has 1 saturated carbocycles. The first-order valence-electron chi connectivity index (χ1n) is 18.5. The van der Waals surface area contributed by atoms with Gasteiger partial charge in [0.05, 0.1) is 30.4 Å². The van der Waals surface area contributed by atoms with Gasteiger partial charge in [-0.15, -0.1) is 0 Å². The van der Waals surface area contributed by atoms with Crippen molar-refractivity contribution in [3.63, 3.8) is 0 Å². The van der Waals surface area contributed by atoms with Crippen molar-refractivity contribution < 1.29 is 42.1 Å². The van der Waals surface area contributed by atoms with E-state index in [0.29, 0.717) is 53.8 Å². The van der Waals surface area contributed by atoms with Crippen molar-refractivity contribution in [3.8, 4) is 22.8 Å². The highest BCUT2D eigenvalue weighted by Crippen LogP contribution is 2.48. The maximum Gasteiger partial charge on any atom is 0.416 e. The van der Waals surface area contributed by atoms with E-state index in [1.807, 2.05) is 42.5 Å². The average Bonchev–Trinajstić information content (AvgIpc) is 3.70. The van der Waals surface area contributed by atoms with E-state index in [2.05, 4.69) is 10.6 Å². The second-order valence-electron chi connectivity index (χ2n) is 14.5. The Morgan fingerprint density at radius 1 is 0.963 bits per heavy atom. The van der Waals surface area contributed by atoms with Crippen LogP contribution < -0.4 is 20.1 Å². The van der Waals surface area contributed by atoms with E-state index < -0.39 is 53.2 Å². The van der Waals surface area contributed by atoms with Gasteiger partial charge in [0.2, 0.25) is 11.8 Å². The number of hydrogen-bond donors (Lipinski definition) is 3. The lowest BCUT2D eigenvalue weighted by atomic mass is 10.0. The van der Waals surface area contributed by atoms with E-state index in [0.717, 1.165) is 43.4 Å². The fourth-order valence-corrected chi connectivity index (χ4v) is 7.88. The minimum Gasteiger partial charge on any atom is -0.497 e. The standard InChI is InChI=1S/C41H43F3N4O6/c1-53-29-17-18-31-34(20-29)46-33(25-11-6-5-7-12-25)22-36(31)54-30-21-35-37(49)47-40(39(51)52)23-27(40)13-8-3-2-4-9-16-32(38(50)48(35)24-30)45-28-15-10-14-26(19-28)41(42,43)44/h5-7,10-12,14-15,17-20,22,27,30,32,35,45H,2-4,8-9,13,16,21,23-24H2,1H3,(H,47,49)(H,51,52)/t27-,30-,32+,35+,40-/m1/s1. The van der Waals surface area contributed by atoms with Crippen LogP contribution in [0.25, 0.3) is 22.2 Å². The van der Waals surface area contributed by atoms with Crippen LogP contribution in [0.2, 0.25) is 0 Å². The van der Waals surface area contributed by atoms with Crippen LogP contribution in [0.3, 0.4) is 0 Å². The van der Waals surface area contributed by atoms with Crippen LogP contribution in [0.1, 0.15) is 63.4 Å². The number of benzene rings is 3. The lowest BCUT2D eigenvalue weighted by molar-refractivity contribution is -0.145. The first-order chi connectivity index (χ1) is 25.9. The third-order valence-electron chi connectivity index (χ3n) is 10.9. The number of aliphatic carboxylic acids is 1. The van der Waals surface area contributed by atoms with Gasteiger partial charge in [-0.25, -0.2) is 9.78 Å². The summed E-state index contributed by atoms with van der Waals surface area (Å²) in [5.74, 6) is -1.31. The Bertz CT molecular complexity index is 2030. The molecule has 3 N–H and O–H groups in total. The van der Waals surface area contributed by atoms with Crippen molar-refractivity contribution in [2.24, 2.45) is 5.92 Å². The molecule has 3 aromatic carbocycles. The quantitative estimate of drug-likeness (QED) is 0.178. The molecule has 284 valence electrons. The smallest absolute Gasteiger partial charge is 0.416 e. The Morgan fingerprint density at radius 3 is 2.46 bits per heavy atom. The van der Waals surface area contributed by atoms with Crippen molar-refractivity contribution >= 4 is 34.4 Å². The average molecular weight is 745 g/mol. The molecule has 0 radical (unpaired) electrons. The van der Waals surface area contributed by atoms with Crippen molar-refractivity contribution in [2.45, 2.75) is 87.7 Å². The number of alkyl halides is 3. The molecule has 0 bridgehead atoms. The van der Waals surface area contributed by atoms with Gasteiger partial charge in [0, 0.05) is 35.2 Å². The molecule has 0 unspecified atom stereocenters. The summed E-state index contributed by atoms with van der Waals surface area (Å²) < 4.78 is 53.0. The molecule has 1 aromatic heterocycles. The number of hydrogen-bond acceptors (Lipinski definition) is 7. The predicted octanol–water partition coefficient (Wildman–Crippen LogP) is 7.46. The maximum atomic E-state index is 14.6. The molecule has 3 fully saturated rings. The van der Waals surface area contributed by atoms with Gasteiger partial charge in [-0.1, -0.05) is 68.5 Å².